The van der Waals surface area contributed by atoms with Crippen molar-refractivity contribution in [1.29, 1.82) is 0 Å². The molecule has 2 aromatic heterocycles. The summed E-state index contributed by atoms with van der Waals surface area (Å²) in [5, 5.41) is 7.15. The van der Waals surface area contributed by atoms with Crippen molar-refractivity contribution in [2.24, 2.45) is 0 Å². The first-order chi connectivity index (χ1) is 10.7. The molecule has 5 nitrogen and oxygen atoms in total. The van der Waals surface area contributed by atoms with Crippen LogP contribution in [0.3, 0.4) is 0 Å². The molecule has 3 aromatic rings. The van der Waals surface area contributed by atoms with Gasteiger partial charge in [-0.2, -0.15) is 0 Å². The summed E-state index contributed by atoms with van der Waals surface area (Å²) in [7, 11) is 0. The minimum absolute atomic E-state index is 0.203. The molecule has 2 heterocycles. The van der Waals surface area contributed by atoms with E-state index in [2.05, 4.69) is 15.5 Å². The number of nitrogens with zero attached hydrogens (tertiary/aromatic N) is 2. The van der Waals surface area contributed by atoms with Gasteiger partial charge in [-0.25, -0.2) is 0 Å². The molecule has 1 amide bonds. The molecule has 6 heteroatoms. The van der Waals surface area contributed by atoms with Crippen LogP contribution in [0.2, 0.25) is 5.02 Å². The predicted molar refractivity (Wildman–Crippen MR) is 83.5 cm³/mol. The van der Waals surface area contributed by atoms with Crippen LogP contribution in [-0.4, -0.2) is 16.0 Å². The molecule has 3 rings (SSSR count). The number of hydrogen-bond acceptors (Lipinski definition) is 4. The van der Waals surface area contributed by atoms with E-state index < -0.39 is 0 Å². The highest BCUT2D eigenvalue weighted by Gasteiger charge is 2.10. The van der Waals surface area contributed by atoms with Gasteiger partial charge >= 0.3 is 0 Å². The van der Waals surface area contributed by atoms with Crippen LogP contribution in [0.5, 0.6) is 0 Å². The number of amides is 1. The average molecular weight is 314 g/mol. The fourth-order valence-electron chi connectivity index (χ4n) is 1.98. The lowest BCUT2D eigenvalue weighted by Crippen LogP contribution is -2.13. The van der Waals surface area contributed by atoms with Crippen molar-refractivity contribution in [2.75, 3.05) is 5.32 Å². The standard InChI is InChI=1S/C16H12ClN3O2/c17-12-5-3-4-11(8-12)9-15(21)19-16-10-14(20-22-16)13-6-1-2-7-18-13/h1-8,10H,9H2,(H,19,21). The van der Waals surface area contributed by atoms with Crippen molar-refractivity contribution in [2.45, 2.75) is 6.42 Å². The Morgan fingerprint density at radius 2 is 2.05 bits per heavy atom. The molecule has 0 aliphatic heterocycles. The molecule has 110 valence electrons. The van der Waals surface area contributed by atoms with Gasteiger partial charge in [0.2, 0.25) is 11.8 Å². The number of pyridine rings is 1. The van der Waals surface area contributed by atoms with E-state index in [4.69, 9.17) is 16.1 Å². The van der Waals surface area contributed by atoms with E-state index in [0.29, 0.717) is 16.4 Å². The van der Waals surface area contributed by atoms with Crippen LogP contribution >= 0.6 is 11.6 Å². The van der Waals surface area contributed by atoms with Gasteiger partial charge in [-0.1, -0.05) is 35.0 Å². The second kappa shape index (κ2) is 6.41. The fourth-order valence-corrected chi connectivity index (χ4v) is 2.20. The van der Waals surface area contributed by atoms with E-state index in [0.717, 1.165) is 5.56 Å². The monoisotopic (exact) mass is 313 g/mol. The van der Waals surface area contributed by atoms with Crippen molar-refractivity contribution in [3.63, 3.8) is 0 Å². The van der Waals surface area contributed by atoms with E-state index in [1.165, 1.54) is 0 Å². The zero-order valence-corrected chi connectivity index (χ0v) is 12.2. The Bertz CT molecular complexity index is 787. The number of aromatic nitrogens is 2. The molecule has 1 aromatic carbocycles. The van der Waals surface area contributed by atoms with Gasteiger partial charge in [-0.15, -0.1) is 0 Å². The molecule has 0 atom stereocenters. The third kappa shape index (κ3) is 3.51. The molecule has 0 fully saturated rings. The lowest BCUT2D eigenvalue weighted by Gasteiger charge is -2.01. The average Bonchev–Trinajstić information content (AvgIpc) is 2.96. The van der Waals surface area contributed by atoms with Gasteiger partial charge in [0, 0.05) is 17.3 Å². The minimum Gasteiger partial charge on any atom is -0.338 e. The summed E-state index contributed by atoms with van der Waals surface area (Å²) in [4.78, 5) is 16.2. The Balaban J connectivity index is 1.66. The van der Waals surface area contributed by atoms with Crippen molar-refractivity contribution >= 4 is 23.4 Å². The van der Waals surface area contributed by atoms with E-state index in [-0.39, 0.29) is 18.2 Å². The summed E-state index contributed by atoms with van der Waals surface area (Å²) in [6.07, 6.45) is 1.88. The van der Waals surface area contributed by atoms with Crippen LogP contribution in [0.4, 0.5) is 5.88 Å². The molecule has 0 spiro atoms. The lowest BCUT2D eigenvalue weighted by atomic mass is 10.1. The molecular weight excluding hydrogens is 302 g/mol. The topological polar surface area (TPSA) is 68.0 Å². The van der Waals surface area contributed by atoms with Crippen molar-refractivity contribution < 1.29 is 9.32 Å². The smallest absolute Gasteiger partial charge is 0.231 e. The first kappa shape index (κ1) is 14.3. The summed E-state index contributed by atoms with van der Waals surface area (Å²) in [6.45, 7) is 0. The van der Waals surface area contributed by atoms with Gasteiger partial charge in [-0.3, -0.25) is 15.1 Å². The highest BCUT2D eigenvalue weighted by molar-refractivity contribution is 6.30. The Morgan fingerprint density at radius 1 is 1.14 bits per heavy atom. The van der Waals surface area contributed by atoms with Crippen LogP contribution in [0, 0.1) is 0 Å². The second-order valence-electron chi connectivity index (χ2n) is 4.65. The number of benzene rings is 1. The molecule has 22 heavy (non-hydrogen) atoms. The van der Waals surface area contributed by atoms with Crippen molar-refractivity contribution in [1.82, 2.24) is 10.1 Å². The van der Waals surface area contributed by atoms with Crippen LogP contribution < -0.4 is 5.32 Å². The summed E-state index contributed by atoms with van der Waals surface area (Å²) >= 11 is 5.89. The molecule has 0 bridgehead atoms. The third-order valence-electron chi connectivity index (χ3n) is 2.95. The van der Waals surface area contributed by atoms with Crippen LogP contribution in [-0.2, 0) is 11.2 Å². The number of hydrogen-bond donors (Lipinski definition) is 1. The van der Waals surface area contributed by atoms with Gasteiger partial charge in [-0.05, 0) is 29.8 Å². The number of rotatable bonds is 4. The zero-order chi connectivity index (χ0) is 15.4. The predicted octanol–water partition coefficient (Wildman–Crippen LogP) is 3.57. The van der Waals surface area contributed by atoms with Crippen molar-refractivity contribution in [3.05, 3.63) is 65.3 Å². The zero-order valence-electron chi connectivity index (χ0n) is 11.5. The largest absolute Gasteiger partial charge is 0.338 e. The lowest BCUT2D eigenvalue weighted by molar-refractivity contribution is -0.115. The SMILES string of the molecule is O=C(Cc1cccc(Cl)c1)Nc1cc(-c2ccccn2)no1. The summed E-state index contributed by atoms with van der Waals surface area (Å²) in [5.41, 5.74) is 2.08. The quantitative estimate of drug-likeness (QED) is 0.799. The van der Waals surface area contributed by atoms with E-state index in [1.807, 2.05) is 24.3 Å². The second-order valence-corrected chi connectivity index (χ2v) is 5.08. The molecule has 1 N–H and O–H groups in total. The molecule has 0 aliphatic rings. The minimum atomic E-state index is -0.203. The van der Waals surface area contributed by atoms with Gasteiger partial charge in [0.1, 0.15) is 5.69 Å². The normalized spacial score (nSPS) is 10.4. The van der Waals surface area contributed by atoms with E-state index in [9.17, 15) is 4.79 Å². The van der Waals surface area contributed by atoms with E-state index in [1.54, 1.807) is 30.5 Å². The number of nitrogens with one attached hydrogen (secondary N) is 1. The molecule has 0 saturated heterocycles. The third-order valence-corrected chi connectivity index (χ3v) is 3.19. The molecule has 0 unspecified atom stereocenters. The number of anilines is 1. The first-order valence-electron chi connectivity index (χ1n) is 6.63. The number of halogens is 1. The van der Waals surface area contributed by atoms with Gasteiger partial charge in [0.25, 0.3) is 0 Å². The number of carbonyl (C=O) groups is 1. The van der Waals surface area contributed by atoms with Crippen LogP contribution in [0.25, 0.3) is 11.4 Å². The highest BCUT2D eigenvalue weighted by atomic mass is 35.5. The maximum absolute atomic E-state index is 12.0. The Labute approximate surface area is 131 Å². The summed E-state index contributed by atoms with van der Waals surface area (Å²) in [6, 6.07) is 14.3. The van der Waals surface area contributed by atoms with Gasteiger partial charge < -0.3 is 4.52 Å². The van der Waals surface area contributed by atoms with E-state index >= 15 is 0 Å². The Kier molecular flexibility index (Phi) is 4.16. The maximum Gasteiger partial charge on any atom is 0.231 e. The van der Waals surface area contributed by atoms with Gasteiger partial charge in [0.05, 0.1) is 12.1 Å². The molecule has 0 aliphatic carbocycles. The molecule has 0 saturated carbocycles. The number of carbonyl (C=O) groups excluding carboxylic acids is 1. The Hall–Kier alpha value is -2.66. The Morgan fingerprint density at radius 3 is 2.82 bits per heavy atom. The van der Waals surface area contributed by atoms with Crippen LogP contribution in [0.15, 0.2) is 59.3 Å². The highest BCUT2D eigenvalue weighted by Crippen LogP contribution is 2.19. The maximum atomic E-state index is 12.0. The van der Waals surface area contributed by atoms with Gasteiger partial charge in [0.15, 0.2) is 0 Å². The van der Waals surface area contributed by atoms with Crippen molar-refractivity contribution in [3.8, 4) is 11.4 Å². The fraction of sp³-hybridized carbons (Fsp3) is 0.0625. The molecule has 0 radical (unpaired) electrons. The van der Waals surface area contributed by atoms with Crippen LogP contribution in [0.1, 0.15) is 5.56 Å². The molecular formula is C16H12ClN3O2. The summed E-state index contributed by atoms with van der Waals surface area (Å²) in [5.74, 6) is 0.0821. The summed E-state index contributed by atoms with van der Waals surface area (Å²) < 4.78 is 5.10. The first-order valence-corrected chi connectivity index (χ1v) is 7.01.